The van der Waals surface area contributed by atoms with Crippen LogP contribution in [0.25, 0.3) is 0 Å². The van der Waals surface area contributed by atoms with Crippen molar-refractivity contribution in [3.05, 3.63) is 34.9 Å². The van der Waals surface area contributed by atoms with E-state index in [1.807, 2.05) is 0 Å². The topological polar surface area (TPSA) is 60.7 Å². The van der Waals surface area contributed by atoms with Crippen LogP contribution in [0.4, 0.5) is 0 Å². The monoisotopic (exact) mass is 673 g/mol. The summed E-state index contributed by atoms with van der Waals surface area (Å²) in [5, 5.41) is 30.5. The maximum absolute atomic E-state index is 10.2. The van der Waals surface area contributed by atoms with Crippen LogP contribution in [0, 0.1) is 53.3 Å². The molecule has 282 valence electrons. The molecule has 3 rings (SSSR count). The molecule has 3 aliphatic rings. The van der Waals surface area contributed by atoms with Crippen LogP contribution in [-0.4, -0.2) is 33.6 Å². The Hall–Kier alpha value is -0.900. The lowest BCUT2D eigenvalue weighted by Crippen LogP contribution is -2.24. The largest absolute Gasteiger partial charge is 0.393 e. The van der Waals surface area contributed by atoms with Crippen molar-refractivity contribution in [2.24, 2.45) is 53.3 Å². The van der Waals surface area contributed by atoms with Crippen molar-refractivity contribution in [3.8, 4) is 0 Å². The fraction of sp³-hybridized carbons (Fsp3) is 0.867. The van der Waals surface area contributed by atoms with Gasteiger partial charge in [0.2, 0.25) is 0 Å². The molecular weight excluding hydrogens is 588 g/mol. The average molecular weight is 673 g/mol. The lowest BCUT2D eigenvalue weighted by molar-refractivity contribution is 0.0739. The van der Waals surface area contributed by atoms with Crippen LogP contribution < -0.4 is 0 Å². The maximum atomic E-state index is 10.2. The van der Waals surface area contributed by atoms with Crippen molar-refractivity contribution in [2.45, 2.75) is 198 Å². The van der Waals surface area contributed by atoms with E-state index >= 15 is 0 Å². The molecule has 0 radical (unpaired) electrons. The first-order valence-electron chi connectivity index (χ1n) is 20.5. The summed E-state index contributed by atoms with van der Waals surface area (Å²) in [6, 6.07) is 0. The van der Waals surface area contributed by atoms with E-state index in [0.717, 1.165) is 57.8 Å². The van der Waals surface area contributed by atoms with Crippen molar-refractivity contribution >= 4 is 0 Å². The average Bonchev–Trinajstić information content (AvgIpc) is 3.01. The summed E-state index contributed by atoms with van der Waals surface area (Å²) in [7, 11) is 0. The summed E-state index contributed by atoms with van der Waals surface area (Å²) in [6.45, 7) is 27.0. The highest BCUT2D eigenvalue weighted by Gasteiger charge is 2.25. The first-order valence-corrected chi connectivity index (χ1v) is 20.5. The number of aliphatic hydroxyl groups excluding tert-OH is 3. The highest BCUT2D eigenvalue weighted by Crippen LogP contribution is 2.32. The van der Waals surface area contributed by atoms with E-state index in [0.29, 0.717) is 53.3 Å². The van der Waals surface area contributed by atoms with E-state index in [1.54, 1.807) is 0 Å². The van der Waals surface area contributed by atoms with Gasteiger partial charge in [0, 0.05) is 0 Å². The molecule has 0 spiro atoms. The lowest BCUT2D eigenvalue weighted by atomic mass is 9.81. The molecule has 0 bridgehead atoms. The molecule has 0 aromatic rings. The van der Waals surface area contributed by atoms with Gasteiger partial charge in [-0.05, 0) is 170 Å². The Labute approximate surface area is 300 Å². The molecule has 0 aromatic carbocycles. The van der Waals surface area contributed by atoms with Gasteiger partial charge in [0.05, 0.1) is 18.3 Å². The van der Waals surface area contributed by atoms with Crippen LogP contribution in [0.15, 0.2) is 34.9 Å². The normalized spacial score (nSPS) is 36.9. The first-order chi connectivity index (χ1) is 22.5. The molecule has 3 nitrogen and oxygen atoms in total. The van der Waals surface area contributed by atoms with E-state index in [1.165, 1.54) is 55.2 Å². The fourth-order valence-electron chi connectivity index (χ4n) is 7.70. The predicted octanol–water partition coefficient (Wildman–Crippen LogP) is 12.5. The van der Waals surface area contributed by atoms with Crippen LogP contribution in [0.5, 0.6) is 0 Å². The molecule has 0 saturated carbocycles. The molecule has 3 aliphatic carbocycles. The molecule has 9 atom stereocenters. The molecule has 0 amide bonds. The second kappa shape index (κ2) is 24.3. The van der Waals surface area contributed by atoms with Crippen LogP contribution in [0.3, 0.4) is 0 Å². The smallest absolute Gasteiger partial charge is 0.0568 e. The quantitative estimate of drug-likeness (QED) is 0.262. The van der Waals surface area contributed by atoms with Crippen molar-refractivity contribution in [3.63, 3.8) is 0 Å². The van der Waals surface area contributed by atoms with Crippen molar-refractivity contribution < 1.29 is 15.3 Å². The fourth-order valence-corrected chi connectivity index (χ4v) is 7.70. The Balaban J connectivity index is 0.000000360. The summed E-state index contributed by atoms with van der Waals surface area (Å²) < 4.78 is 0. The van der Waals surface area contributed by atoms with E-state index in [-0.39, 0.29) is 18.3 Å². The Morgan fingerprint density at radius 1 is 0.438 bits per heavy atom. The van der Waals surface area contributed by atoms with Gasteiger partial charge in [0.15, 0.2) is 0 Å². The number of hydrogen-bond donors (Lipinski definition) is 3. The van der Waals surface area contributed by atoms with Gasteiger partial charge in [-0.2, -0.15) is 0 Å². The summed E-state index contributed by atoms with van der Waals surface area (Å²) in [5.41, 5.74) is 4.61. The van der Waals surface area contributed by atoms with Gasteiger partial charge in [-0.1, -0.05) is 97.3 Å². The van der Waals surface area contributed by atoms with Gasteiger partial charge < -0.3 is 15.3 Å². The minimum absolute atomic E-state index is 0.0980. The molecule has 0 heterocycles. The van der Waals surface area contributed by atoms with Gasteiger partial charge in [0.25, 0.3) is 0 Å². The van der Waals surface area contributed by atoms with E-state index in [2.05, 4.69) is 101 Å². The van der Waals surface area contributed by atoms with Gasteiger partial charge >= 0.3 is 0 Å². The molecule has 0 aromatic heterocycles. The zero-order chi connectivity index (χ0) is 36.4. The van der Waals surface area contributed by atoms with Gasteiger partial charge in [0.1, 0.15) is 0 Å². The summed E-state index contributed by atoms with van der Waals surface area (Å²) >= 11 is 0. The summed E-state index contributed by atoms with van der Waals surface area (Å²) in [4.78, 5) is 0. The molecule has 3 N–H and O–H groups in total. The third kappa shape index (κ3) is 18.9. The van der Waals surface area contributed by atoms with Gasteiger partial charge in [-0.15, -0.1) is 0 Å². The Morgan fingerprint density at radius 3 is 0.875 bits per heavy atom. The van der Waals surface area contributed by atoms with Gasteiger partial charge in [-0.3, -0.25) is 0 Å². The Kier molecular flexibility index (Phi) is 22.9. The molecule has 0 saturated heterocycles. The van der Waals surface area contributed by atoms with Gasteiger partial charge in [-0.25, -0.2) is 0 Å². The Bertz CT molecular complexity index is 808. The SMILES string of the molecule is C/C1=C\CC[C@H](C)[C@H](O)C[C@@H](C(C)C)CC1.C/C1=C\CC[C@H](C)[C@H](O)C[C@@H](C(C)C)CC1.C/C1=C\CC[C@H](C)[C@H](O)C[C@@H](C(C)C)CC1. The number of allylic oxidation sites excluding steroid dienone is 6. The zero-order valence-corrected chi connectivity index (χ0v) is 34.1. The molecule has 0 fully saturated rings. The first kappa shape index (κ1) is 45.1. The number of aliphatic hydroxyl groups is 3. The van der Waals surface area contributed by atoms with Crippen molar-refractivity contribution in [1.82, 2.24) is 0 Å². The molecular formula is C45H84O3. The van der Waals surface area contributed by atoms with Crippen LogP contribution >= 0.6 is 0 Å². The zero-order valence-electron chi connectivity index (χ0n) is 34.1. The van der Waals surface area contributed by atoms with Crippen molar-refractivity contribution in [1.29, 1.82) is 0 Å². The molecule has 0 aliphatic heterocycles. The minimum Gasteiger partial charge on any atom is -0.393 e. The summed E-state index contributed by atoms with van der Waals surface area (Å²) in [5.74, 6) is 5.45. The van der Waals surface area contributed by atoms with Crippen LogP contribution in [0.2, 0.25) is 0 Å². The number of rotatable bonds is 3. The second-order valence-electron chi connectivity index (χ2n) is 17.9. The third-order valence-electron chi connectivity index (χ3n) is 12.5. The minimum atomic E-state index is -0.0980. The third-order valence-corrected chi connectivity index (χ3v) is 12.5. The molecule has 3 heteroatoms. The highest BCUT2D eigenvalue weighted by atomic mass is 16.3. The standard InChI is InChI=1S/3C15H28O/c3*1-11(2)14-9-8-12(3)6-5-7-13(4)15(16)10-14/h3*6,11,13-16H,5,7-10H2,1-4H3/b3*12-6+/t3*13-,14-,15+/m000/s1. The second-order valence-corrected chi connectivity index (χ2v) is 17.9. The molecule has 48 heavy (non-hydrogen) atoms. The number of hydrogen-bond acceptors (Lipinski definition) is 3. The lowest BCUT2D eigenvalue weighted by Gasteiger charge is -2.28. The predicted molar refractivity (Wildman–Crippen MR) is 211 cm³/mol. The molecule has 0 unspecified atom stereocenters. The van der Waals surface area contributed by atoms with E-state index in [9.17, 15) is 15.3 Å². The highest BCUT2D eigenvalue weighted by molar-refractivity contribution is 5.01. The maximum Gasteiger partial charge on any atom is 0.0568 e. The summed E-state index contributed by atoms with van der Waals surface area (Å²) in [6.07, 6.45) is 23.9. The van der Waals surface area contributed by atoms with Crippen molar-refractivity contribution in [2.75, 3.05) is 0 Å². The van der Waals surface area contributed by atoms with Crippen LogP contribution in [0.1, 0.15) is 179 Å². The Morgan fingerprint density at radius 2 is 0.667 bits per heavy atom. The van der Waals surface area contributed by atoms with Crippen LogP contribution in [-0.2, 0) is 0 Å². The van der Waals surface area contributed by atoms with E-state index < -0.39 is 0 Å². The van der Waals surface area contributed by atoms with E-state index in [4.69, 9.17) is 0 Å².